The molecule has 0 bridgehead atoms. The maximum atomic E-state index is 12.4. The van der Waals surface area contributed by atoms with Gasteiger partial charge in [-0.2, -0.15) is 13.2 Å². The second-order valence-electron chi connectivity index (χ2n) is 3.37. The lowest BCUT2D eigenvalue weighted by molar-refractivity contribution is -0.150. The number of alkyl halides is 3. The van der Waals surface area contributed by atoms with Gasteiger partial charge in [0.2, 0.25) is 5.88 Å². The molecule has 0 saturated heterocycles. The highest BCUT2D eigenvalue weighted by Gasteiger charge is 2.32. The highest BCUT2D eigenvalue weighted by Crippen LogP contribution is 2.28. The summed E-state index contributed by atoms with van der Waals surface area (Å²) in [6, 6.07) is 3.22. The van der Waals surface area contributed by atoms with Crippen molar-refractivity contribution in [3.63, 3.8) is 0 Å². The van der Waals surface area contributed by atoms with Crippen molar-refractivity contribution < 1.29 is 27.4 Å². The Bertz CT molecular complexity index is 420. The summed E-state index contributed by atoms with van der Waals surface area (Å²) >= 11 is 0. The lowest BCUT2D eigenvalue weighted by Crippen LogP contribution is -2.26. The van der Waals surface area contributed by atoms with Crippen molar-refractivity contribution in [2.24, 2.45) is 0 Å². The molecule has 1 aromatic heterocycles. The van der Waals surface area contributed by atoms with Crippen LogP contribution >= 0.6 is 0 Å². The van der Waals surface area contributed by atoms with E-state index in [0.717, 1.165) is 12.1 Å². The molecule has 1 unspecified atom stereocenters. The summed E-state index contributed by atoms with van der Waals surface area (Å²) in [6.07, 6.45) is -5.56. The lowest BCUT2D eigenvalue weighted by atomic mass is 10.3. The van der Waals surface area contributed by atoms with E-state index in [-0.39, 0.29) is 12.5 Å². The van der Waals surface area contributed by atoms with E-state index < -0.39 is 23.9 Å². The molecule has 0 aliphatic carbocycles. The van der Waals surface area contributed by atoms with Gasteiger partial charge >= 0.3 is 12.1 Å². The smallest absolute Gasteiger partial charge is 0.433 e. The molecule has 1 rings (SSSR count). The highest BCUT2D eigenvalue weighted by atomic mass is 19.4. The predicted molar refractivity (Wildman–Crippen MR) is 56.0 cm³/mol. The van der Waals surface area contributed by atoms with Crippen LogP contribution in [-0.4, -0.2) is 23.7 Å². The number of pyridine rings is 1. The summed E-state index contributed by atoms with van der Waals surface area (Å²) < 4.78 is 46.8. The number of rotatable bonds is 4. The Balaban J connectivity index is 2.76. The van der Waals surface area contributed by atoms with Gasteiger partial charge in [-0.1, -0.05) is 6.07 Å². The zero-order valence-electron chi connectivity index (χ0n) is 9.82. The number of carbonyl (C=O) groups excluding carboxylic acids is 1. The molecule has 0 N–H and O–H groups in total. The van der Waals surface area contributed by atoms with Gasteiger partial charge in [0.1, 0.15) is 5.69 Å². The largest absolute Gasteiger partial charge is 0.463 e. The molecule has 18 heavy (non-hydrogen) atoms. The summed E-state index contributed by atoms with van der Waals surface area (Å²) in [6.45, 7) is 3.16. The van der Waals surface area contributed by atoms with E-state index in [4.69, 9.17) is 4.74 Å². The zero-order chi connectivity index (χ0) is 13.8. The Morgan fingerprint density at radius 2 is 2.11 bits per heavy atom. The molecular weight excluding hydrogens is 251 g/mol. The van der Waals surface area contributed by atoms with Gasteiger partial charge in [-0.3, -0.25) is 0 Å². The predicted octanol–water partition coefficient (Wildman–Crippen LogP) is 2.43. The third-order valence-electron chi connectivity index (χ3n) is 1.93. The zero-order valence-corrected chi connectivity index (χ0v) is 9.82. The van der Waals surface area contributed by atoms with E-state index in [0.29, 0.717) is 0 Å². The van der Waals surface area contributed by atoms with E-state index in [2.05, 4.69) is 9.72 Å². The Morgan fingerprint density at radius 3 is 2.67 bits per heavy atom. The minimum Gasteiger partial charge on any atom is -0.463 e. The number of nitrogens with zero attached hydrogens (tertiary/aromatic N) is 1. The van der Waals surface area contributed by atoms with Gasteiger partial charge in [0.15, 0.2) is 6.10 Å². The van der Waals surface area contributed by atoms with Crippen LogP contribution in [-0.2, 0) is 15.7 Å². The van der Waals surface area contributed by atoms with E-state index in [1.807, 2.05) is 0 Å². The van der Waals surface area contributed by atoms with Crippen LogP contribution in [0.1, 0.15) is 19.5 Å². The number of halogens is 3. The van der Waals surface area contributed by atoms with Crippen molar-refractivity contribution >= 4 is 5.97 Å². The van der Waals surface area contributed by atoms with Crippen LogP contribution in [0.25, 0.3) is 0 Å². The first kappa shape index (κ1) is 14.3. The molecule has 0 radical (unpaired) electrons. The minimum atomic E-state index is -4.55. The molecule has 0 amide bonds. The Hall–Kier alpha value is -1.79. The molecule has 0 aliphatic rings. The summed E-state index contributed by atoms with van der Waals surface area (Å²) in [5.74, 6) is -0.929. The van der Waals surface area contributed by atoms with Crippen molar-refractivity contribution in [2.45, 2.75) is 26.1 Å². The normalized spacial score (nSPS) is 12.9. The number of aromatic nitrogens is 1. The van der Waals surface area contributed by atoms with Crippen molar-refractivity contribution in [1.82, 2.24) is 4.98 Å². The quantitative estimate of drug-likeness (QED) is 0.783. The summed E-state index contributed by atoms with van der Waals surface area (Å²) in [5.41, 5.74) is -1.07. The van der Waals surface area contributed by atoms with E-state index in [1.165, 1.54) is 13.0 Å². The van der Waals surface area contributed by atoms with E-state index in [1.54, 1.807) is 6.92 Å². The van der Waals surface area contributed by atoms with Crippen molar-refractivity contribution in [2.75, 3.05) is 6.61 Å². The van der Waals surface area contributed by atoms with Crippen molar-refractivity contribution in [1.29, 1.82) is 0 Å². The molecular formula is C11H12F3NO3. The van der Waals surface area contributed by atoms with Crippen molar-refractivity contribution in [3.8, 4) is 5.88 Å². The molecule has 4 nitrogen and oxygen atoms in total. The maximum absolute atomic E-state index is 12.4. The number of hydrogen-bond donors (Lipinski definition) is 0. The lowest BCUT2D eigenvalue weighted by Gasteiger charge is -2.13. The maximum Gasteiger partial charge on any atom is 0.433 e. The highest BCUT2D eigenvalue weighted by molar-refractivity contribution is 5.74. The molecule has 1 aromatic rings. The van der Waals surface area contributed by atoms with E-state index in [9.17, 15) is 18.0 Å². The molecule has 0 saturated carbocycles. The Kier molecular flexibility index (Phi) is 4.52. The first-order chi connectivity index (χ1) is 8.34. The Labute approximate surface area is 102 Å². The molecule has 0 spiro atoms. The van der Waals surface area contributed by atoms with Crippen LogP contribution < -0.4 is 4.74 Å². The fourth-order valence-electron chi connectivity index (χ4n) is 1.13. The van der Waals surface area contributed by atoms with E-state index >= 15 is 0 Å². The van der Waals surface area contributed by atoms with Gasteiger partial charge in [-0.25, -0.2) is 9.78 Å². The molecule has 7 heteroatoms. The molecule has 0 aliphatic heterocycles. The van der Waals surface area contributed by atoms with Gasteiger partial charge in [-0.05, 0) is 19.9 Å². The molecule has 0 aromatic carbocycles. The van der Waals surface area contributed by atoms with Crippen LogP contribution in [0.2, 0.25) is 0 Å². The molecule has 1 atom stereocenters. The van der Waals surface area contributed by atoms with Crippen LogP contribution in [0.5, 0.6) is 5.88 Å². The van der Waals surface area contributed by atoms with Gasteiger partial charge in [-0.15, -0.1) is 0 Å². The standard InChI is InChI=1S/C11H12F3NO3/c1-3-17-10(16)7(2)18-9-6-4-5-8(15-9)11(12,13)14/h4-7H,3H2,1-2H3. The summed E-state index contributed by atoms with van der Waals surface area (Å²) in [5, 5.41) is 0. The molecule has 1 heterocycles. The number of hydrogen-bond acceptors (Lipinski definition) is 4. The summed E-state index contributed by atoms with van der Waals surface area (Å²) in [4.78, 5) is 14.5. The van der Waals surface area contributed by atoms with Gasteiger partial charge in [0, 0.05) is 6.07 Å². The van der Waals surface area contributed by atoms with Gasteiger partial charge in [0.05, 0.1) is 6.61 Å². The van der Waals surface area contributed by atoms with Gasteiger partial charge in [0.25, 0.3) is 0 Å². The molecule has 100 valence electrons. The number of ether oxygens (including phenoxy) is 2. The van der Waals surface area contributed by atoms with Crippen LogP contribution in [0, 0.1) is 0 Å². The van der Waals surface area contributed by atoms with Gasteiger partial charge < -0.3 is 9.47 Å². The average molecular weight is 263 g/mol. The Morgan fingerprint density at radius 1 is 1.44 bits per heavy atom. The second-order valence-corrected chi connectivity index (χ2v) is 3.37. The first-order valence-corrected chi connectivity index (χ1v) is 5.22. The first-order valence-electron chi connectivity index (χ1n) is 5.22. The fourth-order valence-corrected chi connectivity index (χ4v) is 1.13. The second kappa shape index (κ2) is 5.70. The monoisotopic (exact) mass is 263 g/mol. The van der Waals surface area contributed by atoms with Crippen LogP contribution in [0.4, 0.5) is 13.2 Å². The van der Waals surface area contributed by atoms with Crippen LogP contribution in [0.3, 0.4) is 0 Å². The number of esters is 1. The number of carbonyl (C=O) groups is 1. The average Bonchev–Trinajstić information content (AvgIpc) is 2.28. The summed E-state index contributed by atoms with van der Waals surface area (Å²) in [7, 11) is 0. The third-order valence-corrected chi connectivity index (χ3v) is 1.93. The minimum absolute atomic E-state index is 0.169. The third kappa shape index (κ3) is 3.90. The molecule has 0 fully saturated rings. The topological polar surface area (TPSA) is 48.4 Å². The fraction of sp³-hybridized carbons (Fsp3) is 0.455. The van der Waals surface area contributed by atoms with Crippen molar-refractivity contribution in [3.05, 3.63) is 23.9 Å². The van der Waals surface area contributed by atoms with Crippen LogP contribution in [0.15, 0.2) is 18.2 Å². The SMILES string of the molecule is CCOC(=O)C(C)Oc1cccc(C(F)(F)F)n1.